The maximum Gasteiger partial charge on any atom is 0.219 e. The van der Waals surface area contributed by atoms with Crippen LogP contribution in [0.1, 0.15) is 20.3 Å². The van der Waals surface area contributed by atoms with Gasteiger partial charge in [0.15, 0.2) is 0 Å². The van der Waals surface area contributed by atoms with Crippen molar-refractivity contribution in [2.75, 3.05) is 57.8 Å². The Kier molecular flexibility index (Phi) is 5.85. The quantitative estimate of drug-likeness (QED) is 0.720. The van der Waals surface area contributed by atoms with E-state index in [4.69, 9.17) is 0 Å². The first kappa shape index (κ1) is 17.7. The van der Waals surface area contributed by atoms with E-state index in [1.165, 1.54) is 6.26 Å². The van der Waals surface area contributed by atoms with Crippen LogP contribution >= 0.6 is 0 Å². The molecule has 0 bridgehead atoms. The smallest absolute Gasteiger partial charge is 0.219 e. The summed E-state index contributed by atoms with van der Waals surface area (Å²) in [6, 6.07) is 0.478. The van der Waals surface area contributed by atoms with E-state index in [2.05, 4.69) is 16.7 Å². The molecule has 2 fully saturated rings. The van der Waals surface area contributed by atoms with Gasteiger partial charge in [-0.2, -0.15) is 0 Å². The minimum Gasteiger partial charge on any atom is -0.342 e. The Morgan fingerprint density at radius 1 is 1.14 bits per heavy atom. The van der Waals surface area contributed by atoms with E-state index in [0.29, 0.717) is 18.5 Å². The molecule has 2 saturated heterocycles. The largest absolute Gasteiger partial charge is 0.342 e. The molecule has 7 heteroatoms. The lowest BCUT2D eigenvalue weighted by molar-refractivity contribution is -0.128. The molecule has 2 rings (SSSR count). The monoisotopic (exact) mass is 331 g/mol. The zero-order valence-electron chi connectivity index (χ0n) is 14.0. The first-order valence-corrected chi connectivity index (χ1v) is 10.2. The van der Waals surface area contributed by atoms with Gasteiger partial charge in [0.2, 0.25) is 5.91 Å². The molecule has 22 heavy (non-hydrogen) atoms. The maximum atomic E-state index is 11.5. The Morgan fingerprint density at radius 3 is 2.50 bits per heavy atom. The normalized spacial score (nSPS) is 28.8. The molecule has 0 radical (unpaired) electrons. The van der Waals surface area contributed by atoms with Gasteiger partial charge in [0, 0.05) is 65.0 Å². The number of carbonyl (C=O) groups is 1. The van der Waals surface area contributed by atoms with Gasteiger partial charge in [-0.05, 0) is 12.3 Å². The van der Waals surface area contributed by atoms with Crippen LogP contribution in [0.2, 0.25) is 0 Å². The summed E-state index contributed by atoms with van der Waals surface area (Å²) in [6.07, 6.45) is 2.32. The Hall–Kier alpha value is -0.660. The molecule has 2 atom stereocenters. The molecule has 0 aromatic rings. The van der Waals surface area contributed by atoms with E-state index in [-0.39, 0.29) is 11.7 Å². The van der Waals surface area contributed by atoms with Crippen LogP contribution in [0.4, 0.5) is 0 Å². The van der Waals surface area contributed by atoms with Gasteiger partial charge < -0.3 is 9.80 Å². The van der Waals surface area contributed by atoms with Gasteiger partial charge >= 0.3 is 0 Å². The van der Waals surface area contributed by atoms with Crippen molar-refractivity contribution >= 4 is 15.7 Å². The van der Waals surface area contributed by atoms with Crippen LogP contribution < -0.4 is 0 Å². The van der Waals surface area contributed by atoms with Crippen LogP contribution in [0, 0.1) is 5.92 Å². The first-order chi connectivity index (χ1) is 10.3. The van der Waals surface area contributed by atoms with E-state index < -0.39 is 9.84 Å². The van der Waals surface area contributed by atoms with Gasteiger partial charge in [-0.25, -0.2) is 8.42 Å². The lowest BCUT2D eigenvalue weighted by Crippen LogP contribution is -2.43. The summed E-state index contributed by atoms with van der Waals surface area (Å²) in [5.41, 5.74) is 0. The molecule has 2 aliphatic heterocycles. The van der Waals surface area contributed by atoms with Crippen LogP contribution in [0.25, 0.3) is 0 Å². The highest BCUT2D eigenvalue weighted by atomic mass is 32.2. The fourth-order valence-corrected chi connectivity index (χ4v) is 4.17. The van der Waals surface area contributed by atoms with Crippen LogP contribution in [0.3, 0.4) is 0 Å². The minimum atomic E-state index is -2.89. The van der Waals surface area contributed by atoms with Gasteiger partial charge in [-0.1, -0.05) is 6.92 Å². The van der Waals surface area contributed by atoms with Crippen molar-refractivity contribution in [2.24, 2.45) is 5.92 Å². The highest BCUT2D eigenvalue weighted by Crippen LogP contribution is 2.23. The van der Waals surface area contributed by atoms with E-state index in [1.807, 2.05) is 4.90 Å². The maximum absolute atomic E-state index is 11.5. The third kappa shape index (κ3) is 4.93. The molecule has 2 aliphatic rings. The summed E-state index contributed by atoms with van der Waals surface area (Å²) in [4.78, 5) is 18.2. The summed E-state index contributed by atoms with van der Waals surface area (Å²) in [7, 11) is -2.89. The summed E-state index contributed by atoms with van der Waals surface area (Å²) in [5, 5.41) is 0. The predicted octanol–water partition coefficient (Wildman–Crippen LogP) is -0.0945. The molecule has 0 aromatic heterocycles. The molecule has 0 saturated carbocycles. The number of hydrogen-bond acceptors (Lipinski definition) is 5. The molecular formula is C15H29N3O3S. The summed E-state index contributed by atoms with van der Waals surface area (Å²) < 4.78 is 22.6. The lowest BCUT2D eigenvalue weighted by Gasteiger charge is -2.30. The first-order valence-electron chi connectivity index (χ1n) is 8.16. The molecule has 2 heterocycles. The van der Waals surface area contributed by atoms with Gasteiger partial charge in [0.05, 0.1) is 5.75 Å². The van der Waals surface area contributed by atoms with Crippen molar-refractivity contribution in [2.45, 2.75) is 26.3 Å². The van der Waals surface area contributed by atoms with Gasteiger partial charge in [-0.15, -0.1) is 0 Å². The number of nitrogens with zero attached hydrogens (tertiary/aromatic N) is 3. The molecule has 1 amide bonds. The highest BCUT2D eigenvalue weighted by molar-refractivity contribution is 7.90. The third-order valence-corrected chi connectivity index (χ3v) is 5.80. The second kappa shape index (κ2) is 7.27. The zero-order chi connectivity index (χ0) is 16.3. The molecule has 0 unspecified atom stereocenters. The second-order valence-electron chi connectivity index (χ2n) is 6.83. The standard InChI is InChI=1S/C15H29N3O3S/c1-13-11-16(9-10-22(3,20)21)12-15(13)18-6-4-5-17(7-8-18)14(2)19/h13,15H,4-12H2,1-3H3/t13-,15-/m0/s1. The summed E-state index contributed by atoms with van der Waals surface area (Å²) in [5.74, 6) is 0.949. The Labute approximate surface area is 134 Å². The van der Waals surface area contributed by atoms with E-state index in [1.54, 1.807) is 6.92 Å². The van der Waals surface area contributed by atoms with E-state index in [0.717, 1.165) is 45.7 Å². The number of rotatable bonds is 4. The van der Waals surface area contributed by atoms with Crippen molar-refractivity contribution in [3.8, 4) is 0 Å². The fourth-order valence-electron chi connectivity index (χ4n) is 3.58. The van der Waals surface area contributed by atoms with Crippen molar-refractivity contribution in [3.05, 3.63) is 0 Å². The van der Waals surface area contributed by atoms with E-state index >= 15 is 0 Å². The number of amides is 1. The fraction of sp³-hybridized carbons (Fsp3) is 0.933. The van der Waals surface area contributed by atoms with Crippen LogP contribution in [-0.4, -0.2) is 92.9 Å². The Balaban J connectivity index is 1.88. The van der Waals surface area contributed by atoms with Crippen LogP contribution in [0.15, 0.2) is 0 Å². The predicted molar refractivity (Wildman–Crippen MR) is 87.5 cm³/mol. The summed E-state index contributed by atoms with van der Waals surface area (Å²) in [6.45, 7) is 10.0. The number of likely N-dealkylation sites (tertiary alicyclic amines) is 1. The number of hydrogen-bond donors (Lipinski definition) is 0. The Bertz CT molecular complexity index is 494. The number of carbonyl (C=O) groups excluding carboxylic acids is 1. The molecule has 0 spiro atoms. The molecule has 0 aromatic carbocycles. The third-order valence-electron chi connectivity index (χ3n) is 4.87. The van der Waals surface area contributed by atoms with Crippen molar-refractivity contribution < 1.29 is 13.2 Å². The average molecular weight is 331 g/mol. The second-order valence-corrected chi connectivity index (χ2v) is 9.09. The van der Waals surface area contributed by atoms with Gasteiger partial charge in [0.25, 0.3) is 0 Å². The minimum absolute atomic E-state index is 0.163. The van der Waals surface area contributed by atoms with Gasteiger partial charge in [-0.3, -0.25) is 9.69 Å². The highest BCUT2D eigenvalue weighted by Gasteiger charge is 2.34. The van der Waals surface area contributed by atoms with Crippen molar-refractivity contribution in [3.63, 3.8) is 0 Å². The SMILES string of the molecule is CC(=O)N1CCCN([C@H]2CN(CCS(C)(=O)=O)C[C@@H]2C)CC1. The average Bonchev–Trinajstić information content (AvgIpc) is 2.63. The molecule has 6 nitrogen and oxygen atoms in total. The van der Waals surface area contributed by atoms with Gasteiger partial charge in [0.1, 0.15) is 9.84 Å². The zero-order valence-corrected chi connectivity index (χ0v) is 14.8. The molecule has 128 valence electrons. The van der Waals surface area contributed by atoms with Crippen LogP contribution in [0.5, 0.6) is 0 Å². The number of sulfone groups is 1. The Morgan fingerprint density at radius 2 is 1.86 bits per heavy atom. The molecule has 0 N–H and O–H groups in total. The topological polar surface area (TPSA) is 60.9 Å². The van der Waals surface area contributed by atoms with Crippen molar-refractivity contribution in [1.82, 2.24) is 14.7 Å². The molecular weight excluding hydrogens is 302 g/mol. The summed E-state index contributed by atoms with van der Waals surface area (Å²) >= 11 is 0. The molecule has 0 aliphatic carbocycles. The van der Waals surface area contributed by atoms with Crippen LogP contribution in [-0.2, 0) is 14.6 Å². The van der Waals surface area contributed by atoms with Crippen molar-refractivity contribution in [1.29, 1.82) is 0 Å². The van der Waals surface area contributed by atoms with E-state index in [9.17, 15) is 13.2 Å². The lowest BCUT2D eigenvalue weighted by atomic mass is 10.0.